The van der Waals surface area contributed by atoms with Gasteiger partial charge < -0.3 is 30.4 Å². The van der Waals surface area contributed by atoms with Gasteiger partial charge in [-0.3, -0.25) is 19.2 Å². The van der Waals surface area contributed by atoms with Crippen LogP contribution in [0, 0.1) is 5.41 Å². The number of ketones is 2. The predicted octanol–water partition coefficient (Wildman–Crippen LogP) is 5.65. The van der Waals surface area contributed by atoms with Gasteiger partial charge in [-0.2, -0.15) is 0 Å². The molecule has 0 rings (SSSR count). The highest BCUT2D eigenvalue weighted by molar-refractivity contribution is 6.38. The zero-order chi connectivity index (χ0) is 32.1. The third-order valence-corrected chi connectivity index (χ3v) is 7.07. The number of carboxylic acid groups (broad SMARTS) is 2. The molecule has 248 valence electrons. The fourth-order valence-corrected chi connectivity index (χ4v) is 4.56. The lowest BCUT2D eigenvalue weighted by Crippen LogP contribution is -2.41. The molecule has 11 nitrogen and oxygen atoms in total. The molecule has 0 aliphatic rings. The van der Waals surface area contributed by atoms with E-state index in [1.165, 1.54) is 51.9 Å². The zero-order valence-corrected chi connectivity index (χ0v) is 26.3. The van der Waals surface area contributed by atoms with E-state index in [0.29, 0.717) is 32.7 Å². The minimum Gasteiger partial charge on any atom is -0.481 e. The number of unbranched alkanes of at least 4 members (excludes halogenated alkanes) is 13. The van der Waals surface area contributed by atoms with Crippen LogP contribution < -0.4 is 5.32 Å². The summed E-state index contributed by atoms with van der Waals surface area (Å²) in [6.07, 6.45) is 16.2. The topological polar surface area (TPSA) is 180 Å². The molecule has 0 fully saturated rings. The normalized spacial score (nSPS) is 11.7. The molecule has 0 aromatic heterocycles. The van der Waals surface area contributed by atoms with Crippen molar-refractivity contribution in [2.45, 2.75) is 141 Å². The lowest BCUT2D eigenvalue weighted by molar-refractivity contribution is -0.142. The summed E-state index contributed by atoms with van der Waals surface area (Å²) < 4.78 is 10.4. The third-order valence-electron chi connectivity index (χ3n) is 7.07. The van der Waals surface area contributed by atoms with Crippen LogP contribution in [0.1, 0.15) is 135 Å². The molecule has 0 bridgehead atoms. The average Bonchev–Trinajstić information content (AvgIpc) is 2.95. The van der Waals surface area contributed by atoms with E-state index in [9.17, 15) is 29.1 Å². The van der Waals surface area contributed by atoms with E-state index in [-0.39, 0.29) is 56.1 Å². The van der Waals surface area contributed by atoms with Crippen molar-refractivity contribution in [2.75, 3.05) is 26.4 Å². The largest absolute Gasteiger partial charge is 0.481 e. The molecule has 11 heteroatoms. The number of nitrogens with one attached hydrogen (secondary N) is 2. The van der Waals surface area contributed by atoms with Crippen LogP contribution in [0.3, 0.4) is 0 Å². The number of Topliss-reactive ketones (excluding diaryl/α,β-unsaturated/α-hetero) is 2. The summed E-state index contributed by atoms with van der Waals surface area (Å²) in [5.74, 6) is -2.73. The van der Waals surface area contributed by atoms with Crippen LogP contribution in [0.5, 0.6) is 0 Å². The molecule has 0 aromatic carbocycles. The first-order valence-electron chi connectivity index (χ1n) is 16.1. The number of hydrogen-bond acceptors (Lipinski definition) is 8. The van der Waals surface area contributed by atoms with E-state index in [1.807, 2.05) is 0 Å². The average molecular weight is 613 g/mol. The molecule has 0 aliphatic carbocycles. The Hall–Kier alpha value is -2.66. The number of carbonyl (C=O) groups excluding carboxylic acids is 3. The molecular weight excluding hydrogens is 556 g/mol. The van der Waals surface area contributed by atoms with Crippen LogP contribution in [-0.4, -0.2) is 77.8 Å². The van der Waals surface area contributed by atoms with E-state index < -0.39 is 23.8 Å². The monoisotopic (exact) mass is 612 g/mol. The Morgan fingerprint density at radius 2 is 1.12 bits per heavy atom. The van der Waals surface area contributed by atoms with Gasteiger partial charge in [-0.05, 0) is 39.0 Å². The second kappa shape index (κ2) is 28.1. The number of carboxylic acids is 2. The molecule has 0 spiro atoms. The second-order valence-electron chi connectivity index (χ2n) is 11.2. The molecule has 0 aliphatic heterocycles. The third kappa shape index (κ3) is 27.9. The van der Waals surface area contributed by atoms with E-state index in [4.69, 9.17) is 20.0 Å². The SMILES string of the molecule is CC(=O)COCCOCCCC(=N)C(=O)CC[C@@H](NC(=O)CCCCCCCCCCCCCCCCC(=O)O)C(=O)O. The highest BCUT2D eigenvalue weighted by atomic mass is 16.5. The van der Waals surface area contributed by atoms with Gasteiger partial charge in [0.1, 0.15) is 12.6 Å². The standard InChI is InChI=1S/C32H56N2O9/c1-26(35)25-43-24-23-42-22-16-17-27(33)29(36)21-20-28(32(40)41)34-30(37)18-14-12-10-8-6-4-2-3-5-7-9-11-13-15-19-31(38)39/h28,33H,2-25H2,1H3,(H,34,37)(H,38,39)(H,40,41)/t28-/m1/s1. The molecule has 0 heterocycles. The van der Waals surface area contributed by atoms with Crippen LogP contribution in [0.2, 0.25) is 0 Å². The van der Waals surface area contributed by atoms with Crippen molar-refractivity contribution < 1.29 is 43.7 Å². The minimum atomic E-state index is -1.19. The molecule has 0 saturated carbocycles. The van der Waals surface area contributed by atoms with Gasteiger partial charge >= 0.3 is 11.9 Å². The second-order valence-corrected chi connectivity index (χ2v) is 11.2. The number of hydrogen-bond donors (Lipinski definition) is 4. The number of carbonyl (C=O) groups is 5. The van der Waals surface area contributed by atoms with Gasteiger partial charge in [0, 0.05) is 25.9 Å². The molecule has 1 atom stereocenters. The minimum absolute atomic E-state index is 0.0465. The van der Waals surface area contributed by atoms with Gasteiger partial charge in [0.25, 0.3) is 0 Å². The molecule has 0 saturated heterocycles. The summed E-state index contributed by atoms with van der Waals surface area (Å²) in [6, 6.07) is -1.15. The predicted molar refractivity (Wildman–Crippen MR) is 165 cm³/mol. The summed E-state index contributed by atoms with van der Waals surface area (Å²) in [6.45, 7) is 2.43. The maximum Gasteiger partial charge on any atom is 0.326 e. The first-order chi connectivity index (χ1) is 20.6. The Kier molecular flexibility index (Phi) is 26.4. The Bertz CT molecular complexity index is 817. The zero-order valence-electron chi connectivity index (χ0n) is 26.3. The van der Waals surface area contributed by atoms with Crippen LogP contribution in [-0.2, 0) is 33.4 Å². The number of amides is 1. The molecule has 0 unspecified atom stereocenters. The van der Waals surface area contributed by atoms with Crippen molar-refractivity contribution in [3.8, 4) is 0 Å². The summed E-state index contributed by atoms with van der Waals surface area (Å²) in [7, 11) is 0. The van der Waals surface area contributed by atoms with Crippen LogP contribution in [0.15, 0.2) is 0 Å². The van der Waals surface area contributed by atoms with E-state index in [1.54, 1.807) is 0 Å². The number of aliphatic carboxylic acids is 2. The van der Waals surface area contributed by atoms with E-state index in [2.05, 4.69) is 5.32 Å². The highest BCUT2D eigenvalue weighted by Gasteiger charge is 2.22. The van der Waals surface area contributed by atoms with Crippen molar-refractivity contribution in [3.63, 3.8) is 0 Å². The van der Waals surface area contributed by atoms with Gasteiger partial charge in [0.2, 0.25) is 5.91 Å². The van der Waals surface area contributed by atoms with E-state index >= 15 is 0 Å². The van der Waals surface area contributed by atoms with Crippen molar-refractivity contribution >= 4 is 35.1 Å². The van der Waals surface area contributed by atoms with Crippen molar-refractivity contribution in [3.05, 3.63) is 0 Å². The molecule has 0 radical (unpaired) electrons. The Morgan fingerprint density at radius 3 is 1.60 bits per heavy atom. The Labute approximate surface area is 257 Å². The Morgan fingerprint density at radius 1 is 0.628 bits per heavy atom. The quantitative estimate of drug-likeness (QED) is 0.0551. The smallest absolute Gasteiger partial charge is 0.326 e. The lowest BCUT2D eigenvalue weighted by atomic mass is 10.0. The van der Waals surface area contributed by atoms with Crippen molar-refractivity contribution in [1.82, 2.24) is 5.32 Å². The Balaban J connectivity index is 3.77. The summed E-state index contributed by atoms with van der Waals surface area (Å²) in [5.41, 5.74) is -0.0892. The fraction of sp³-hybridized carbons (Fsp3) is 0.812. The van der Waals surface area contributed by atoms with Crippen molar-refractivity contribution in [1.29, 1.82) is 5.41 Å². The molecule has 43 heavy (non-hydrogen) atoms. The van der Waals surface area contributed by atoms with E-state index in [0.717, 1.165) is 38.5 Å². The summed E-state index contributed by atoms with van der Waals surface area (Å²) in [4.78, 5) is 57.3. The van der Waals surface area contributed by atoms with Gasteiger partial charge in [0.15, 0.2) is 11.6 Å². The molecule has 0 aromatic rings. The summed E-state index contributed by atoms with van der Waals surface area (Å²) >= 11 is 0. The van der Waals surface area contributed by atoms with Crippen LogP contribution >= 0.6 is 0 Å². The van der Waals surface area contributed by atoms with Gasteiger partial charge in [0.05, 0.1) is 18.9 Å². The van der Waals surface area contributed by atoms with Crippen LogP contribution in [0.25, 0.3) is 0 Å². The van der Waals surface area contributed by atoms with Gasteiger partial charge in [-0.25, -0.2) is 4.79 Å². The lowest BCUT2D eigenvalue weighted by Gasteiger charge is -2.14. The summed E-state index contributed by atoms with van der Waals surface area (Å²) in [5, 5.41) is 28.5. The van der Waals surface area contributed by atoms with Crippen molar-refractivity contribution in [2.24, 2.45) is 0 Å². The fourth-order valence-electron chi connectivity index (χ4n) is 4.56. The first-order valence-corrected chi connectivity index (χ1v) is 16.1. The molecule has 4 N–H and O–H groups in total. The van der Waals surface area contributed by atoms with Crippen LogP contribution in [0.4, 0.5) is 0 Å². The maximum absolute atomic E-state index is 12.2. The van der Waals surface area contributed by atoms with Gasteiger partial charge in [-0.1, -0.05) is 77.0 Å². The molecule has 1 amide bonds. The first kappa shape index (κ1) is 40.3. The number of rotatable bonds is 32. The number of ether oxygens (including phenoxy) is 2. The highest BCUT2D eigenvalue weighted by Crippen LogP contribution is 2.14. The maximum atomic E-state index is 12.2. The molecular formula is C32H56N2O9. The van der Waals surface area contributed by atoms with Gasteiger partial charge in [-0.15, -0.1) is 0 Å².